The first-order valence-electron chi connectivity index (χ1n) is 7.99. The van der Waals surface area contributed by atoms with Crippen LogP contribution in [0, 0.1) is 22.0 Å². The van der Waals surface area contributed by atoms with Crippen LogP contribution in [0.1, 0.15) is 12.8 Å². The predicted molar refractivity (Wildman–Crippen MR) is 91.5 cm³/mol. The molecule has 7 nitrogen and oxygen atoms in total. The van der Waals surface area contributed by atoms with Crippen LogP contribution in [0.5, 0.6) is 5.75 Å². The molecule has 2 aliphatic rings. The minimum Gasteiger partial charge on any atom is -0.484 e. The largest absolute Gasteiger partial charge is 0.484 e. The molecule has 8 heteroatoms. The molecular formula is C16H22ClN3O4. The molecule has 2 atom stereocenters. The number of carbonyl (C=O) groups excluding carboxylic acids is 1. The molecule has 0 aliphatic carbocycles. The number of benzene rings is 1. The van der Waals surface area contributed by atoms with E-state index in [1.54, 1.807) is 0 Å². The Labute approximate surface area is 146 Å². The van der Waals surface area contributed by atoms with Crippen LogP contribution in [-0.4, -0.2) is 48.5 Å². The zero-order chi connectivity index (χ0) is 16.2. The molecule has 2 fully saturated rings. The molecule has 1 aromatic carbocycles. The number of halogens is 1. The van der Waals surface area contributed by atoms with Crippen LogP contribution in [0.4, 0.5) is 5.69 Å². The van der Waals surface area contributed by atoms with Crippen LogP contribution in [0.15, 0.2) is 24.3 Å². The molecular weight excluding hydrogens is 334 g/mol. The van der Waals surface area contributed by atoms with Crippen molar-refractivity contribution in [2.45, 2.75) is 12.8 Å². The number of fused-ring (bicyclic) bond motifs is 1. The third-order valence-corrected chi connectivity index (χ3v) is 4.78. The monoisotopic (exact) mass is 355 g/mol. The highest BCUT2D eigenvalue weighted by Gasteiger charge is 2.31. The van der Waals surface area contributed by atoms with Gasteiger partial charge >= 0.3 is 0 Å². The average molecular weight is 356 g/mol. The molecule has 0 radical (unpaired) electrons. The summed E-state index contributed by atoms with van der Waals surface area (Å²) < 4.78 is 5.46. The summed E-state index contributed by atoms with van der Waals surface area (Å²) in [6.07, 6.45) is 2.09. The molecule has 0 aromatic heterocycles. The Morgan fingerprint density at radius 2 is 1.79 bits per heavy atom. The number of rotatable bonds is 4. The van der Waals surface area contributed by atoms with Gasteiger partial charge < -0.3 is 15.0 Å². The zero-order valence-corrected chi connectivity index (χ0v) is 14.2. The number of nitrogens with one attached hydrogen (secondary N) is 1. The van der Waals surface area contributed by atoms with Gasteiger partial charge in [0.1, 0.15) is 5.75 Å². The van der Waals surface area contributed by atoms with Gasteiger partial charge in [0.05, 0.1) is 4.92 Å². The number of hydrogen-bond donors (Lipinski definition) is 1. The van der Waals surface area contributed by atoms with Crippen molar-refractivity contribution in [1.29, 1.82) is 0 Å². The Hall–Kier alpha value is -1.86. The van der Waals surface area contributed by atoms with E-state index in [2.05, 4.69) is 5.32 Å². The summed E-state index contributed by atoms with van der Waals surface area (Å²) in [5, 5.41) is 14.0. The highest BCUT2D eigenvalue weighted by molar-refractivity contribution is 5.85. The van der Waals surface area contributed by atoms with Gasteiger partial charge in [-0.15, -0.1) is 12.4 Å². The van der Waals surface area contributed by atoms with E-state index in [4.69, 9.17) is 4.74 Å². The van der Waals surface area contributed by atoms with Crippen molar-refractivity contribution < 1.29 is 14.5 Å². The minimum absolute atomic E-state index is 0. The van der Waals surface area contributed by atoms with E-state index in [1.165, 1.54) is 24.3 Å². The summed E-state index contributed by atoms with van der Waals surface area (Å²) >= 11 is 0. The molecule has 132 valence electrons. The number of likely N-dealkylation sites (tertiary alicyclic amines) is 1. The standard InChI is InChI=1S/C16H21N3O4.ClH/c20-16(11-23-15-3-1-14(2-4-15)19(21)22)18-7-5-12-9-17-10-13(12)6-8-18;/h1-4,12-13,17H,5-11H2;1H/t12-,13+;. The van der Waals surface area contributed by atoms with Crippen molar-refractivity contribution >= 4 is 24.0 Å². The van der Waals surface area contributed by atoms with Gasteiger partial charge in [0.2, 0.25) is 0 Å². The molecule has 0 bridgehead atoms. The zero-order valence-electron chi connectivity index (χ0n) is 13.3. The van der Waals surface area contributed by atoms with Crippen molar-refractivity contribution in [1.82, 2.24) is 10.2 Å². The Balaban J connectivity index is 0.00000208. The molecule has 2 heterocycles. The lowest BCUT2D eigenvalue weighted by molar-refractivity contribution is -0.384. The van der Waals surface area contributed by atoms with Crippen molar-refractivity contribution in [3.05, 3.63) is 34.4 Å². The van der Waals surface area contributed by atoms with Crippen LogP contribution < -0.4 is 10.1 Å². The number of nitro benzene ring substituents is 1. The topological polar surface area (TPSA) is 84.7 Å². The third kappa shape index (κ3) is 4.36. The summed E-state index contributed by atoms with van der Waals surface area (Å²) in [5.74, 6) is 1.82. The van der Waals surface area contributed by atoms with E-state index in [0.29, 0.717) is 17.6 Å². The minimum atomic E-state index is -0.460. The van der Waals surface area contributed by atoms with E-state index >= 15 is 0 Å². The number of ether oxygens (including phenoxy) is 1. The third-order valence-electron chi connectivity index (χ3n) is 4.78. The molecule has 0 spiro atoms. The van der Waals surface area contributed by atoms with Crippen molar-refractivity contribution in [2.24, 2.45) is 11.8 Å². The van der Waals surface area contributed by atoms with Gasteiger partial charge in [-0.2, -0.15) is 0 Å². The second-order valence-electron chi connectivity index (χ2n) is 6.18. The van der Waals surface area contributed by atoms with Gasteiger partial charge in [0.15, 0.2) is 6.61 Å². The van der Waals surface area contributed by atoms with Crippen LogP contribution in [0.3, 0.4) is 0 Å². The second-order valence-corrected chi connectivity index (χ2v) is 6.18. The Kier molecular flexibility index (Phi) is 6.39. The first kappa shape index (κ1) is 18.5. The fourth-order valence-electron chi connectivity index (χ4n) is 3.37. The molecule has 24 heavy (non-hydrogen) atoms. The van der Waals surface area contributed by atoms with E-state index in [1.807, 2.05) is 4.90 Å². The molecule has 1 aromatic rings. The Morgan fingerprint density at radius 1 is 1.21 bits per heavy atom. The van der Waals surface area contributed by atoms with Gasteiger partial charge in [-0.1, -0.05) is 0 Å². The Bertz CT molecular complexity index is 567. The van der Waals surface area contributed by atoms with E-state index in [9.17, 15) is 14.9 Å². The summed E-state index contributed by atoms with van der Waals surface area (Å²) in [7, 11) is 0. The van der Waals surface area contributed by atoms with Crippen LogP contribution in [0.2, 0.25) is 0 Å². The maximum atomic E-state index is 12.3. The molecule has 1 amide bonds. The van der Waals surface area contributed by atoms with Crippen molar-refractivity contribution in [3.63, 3.8) is 0 Å². The average Bonchev–Trinajstić information content (AvgIpc) is 2.91. The van der Waals surface area contributed by atoms with Crippen molar-refractivity contribution in [3.8, 4) is 5.75 Å². The van der Waals surface area contributed by atoms with Gasteiger partial charge in [0, 0.05) is 25.2 Å². The fourth-order valence-corrected chi connectivity index (χ4v) is 3.37. The van der Waals surface area contributed by atoms with E-state index in [-0.39, 0.29) is 30.6 Å². The van der Waals surface area contributed by atoms with Crippen LogP contribution in [0.25, 0.3) is 0 Å². The lowest BCUT2D eigenvalue weighted by atomic mass is 9.92. The molecule has 0 unspecified atom stereocenters. The number of hydrogen-bond acceptors (Lipinski definition) is 5. The predicted octanol–water partition coefficient (Wildman–Crippen LogP) is 1.85. The lowest BCUT2D eigenvalue weighted by Crippen LogP contribution is -2.36. The lowest BCUT2D eigenvalue weighted by Gasteiger charge is -2.21. The summed E-state index contributed by atoms with van der Waals surface area (Å²) in [4.78, 5) is 24.3. The normalized spacial score (nSPS) is 22.9. The quantitative estimate of drug-likeness (QED) is 0.658. The van der Waals surface area contributed by atoms with E-state index < -0.39 is 4.92 Å². The van der Waals surface area contributed by atoms with Crippen molar-refractivity contribution in [2.75, 3.05) is 32.8 Å². The summed E-state index contributed by atoms with van der Waals surface area (Å²) in [6, 6.07) is 5.79. The second kappa shape index (κ2) is 8.30. The number of non-ortho nitro benzene ring substituents is 1. The van der Waals surface area contributed by atoms with Crippen LogP contribution in [-0.2, 0) is 4.79 Å². The molecule has 3 rings (SSSR count). The number of nitrogens with zero attached hydrogens (tertiary/aromatic N) is 2. The highest BCUT2D eigenvalue weighted by atomic mass is 35.5. The molecule has 0 saturated carbocycles. The summed E-state index contributed by atoms with van der Waals surface area (Å²) in [6.45, 7) is 3.67. The first-order valence-corrected chi connectivity index (χ1v) is 7.99. The molecule has 2 saturated heterocycles. The smallest absolute Gasteiger partial charge is 0.269 e. The first-order chi connectivity index (χ1) is 11.1. The maximum absolute atomic E-state index is 12.3. The molecule has 2 aliphatic heterocycles. The van der Waals surface area contributed by atoms with E-state index in [0.717, 1.165) is 39.0 Å². The number of nitro groups is 1. The van der Waals surface area contributed by atoms with Gasteiger partial charge in [-0.3, -0.25) is 14.9 Å². The van der Waals surface area contributed by atoms with Gasteiger partial charge in [-0.25, -0.2) is 0 Å². The van der Waals surface area contributed by atoms with Crippen LogP contribution >= 0.6 is 12.4 Å². The molecule has 1 N–H and O–H groups in total. The van der Waals surface area contributed by atoms with Gasteiger partial charge in [-0.05, 0) is 49.9 Å². The number of amides is 1. The maximum Gasteiger partial charge on any atom is 0.269 e. The summed E-state index contributed by atoms with van der Waals surface area (Å²) in [5.41, 5.74) is 0.0105. The highest BCUT2D eigenvalue weighted by Crippen LogP contribution is 2.27. The van der Waals surface area contributed by atoms with Gasteiger partial charge in [0.25, 0.3) is 11.6 Å². The SMILES string of the molecule is Cl.O=C(COc1ccc([N+](=O)[O-])cc1)N1CC[C@@H]2CNC[C@@H]2CC1. The fraction of sp³-hybridized carbons (Fsp3) is 0.562. The number of carbonyl (C=O) groups is 1. The Morgan fingerprint density at radius 3 is 2.33 bits per heavy atom.